The SMILES string of the molecule is CC(C)(C)N1C[C@H]2COCC[C@@]2(CN)C1. The zero-order valence-electron chi connectivity index (χ0n) is 10.3. The average molecular weight is 212 g/mol. The quantitative estimate of drug-likeness (QED) is 0.707. The molecule has 0 aromatic carbocycles. The van der Waals surface area contributed by atoms with Crippen LogP contribution in [0.25, 0.3) is 0 Å². The van der Waals surface area contributed by atoms with Crippen molar-refractivity contribution in [3.8, 4) is 0 Å². The van der Waals surface area contributed by atoms with Crippen molar-refractivity contribution in [1.29, 1.82) is 0 Å². The van der Waals surface area contributed by atoms with Crippen LogP contribution in [0.2, 0.25) is 0 Å². The highest BCUT2D eigenvalue weighted by atomic mass is 16.5. The average Bonchev–Trinajstić information content (AvgIpc) is 2.57. The van der Waals surface area contributed by atoms with Crippen LogP contribution < -0.4 is 5.73 Å². The topological polar surface area (TPSA) is 38.5 Å². The van der Waals surface area contributed by atoms with E-state index >= 15 is 0 Å². The van der Waals surface area contributed by atoms with Crippen LogP contribution in [0.4, 0.5) is 0 Å². The molecule has 2 fully saturated rings. The van der Waals surface area contributed by atoms with Crippen LogP contribution in [0, 0.1) is 11.3 Å². The summed E-state index contributed by atoms with van der Waals surface area (Å²) >= 11 is 0. The first-order valence-corrected chi connectivity index (χ1v) is 6.01. The number of hydrogen-bond acceptors (Lipinski definition) is 3. The van der Waals surface area contributed by atoms with Crippen molar-refractivity contribution >= 4 is 0 Å². The fourth-order valence-electron chi connectivity index (χ4n) is 2.89. The van der Waals surface area contributed by atoms with Crippen molar-refractivity contribution in [3.63, 3.8) is 0 Å². The molecule has 2 saturated heterocycles. The lowest BCUT2D eigenvalue weighted by Gasteiger charge is -2.38. The Kier molecular flexibility index (Phi) is 2.82. The fraction of sp³-hybridized carbons (Fsp3) is 1.00. The van der Waals surface area contributed by atoms with Gasteiger partial charge in [0, 0.05) is 36.6 Å². The van der Waals surface area contributed by atoms with Gasteiger partial charge in [0.25, 0.3) is 0 Å². The third-order valence-electron chi connectivity index (χ3n) is 4.23. The van der Waals surface area contributed by atoms with Crippen molar-refractivity contribution < 1.29 is 4.74 Å². The molecule has 2 rings (SSSR count). The van der Waals surface area contributed by atoms with E-state index in [4.69, 9.17) is 10.5 Å². The molecule has 0 unspecified atom stereocenters. The summed E-state index contributed by atoms with van der Waals surface area (Å²) in [4.78, 5) is 2.57. The van der Waals surface area contributed by atoms with E-state index in [9.17, 15) is 0 Å². The third kappa shape index (κ3) is 1.93. The summed E-state index contributed by atoms with van der Waals surface area (Å²) in [5.41, 5.74) is 6.60. The molecular formula is C12H24N2O. The summed E-state index contributed by atoms with van der Waals surface area (Å²) in [6, 6.07) is 0. The van der Waals surface area contributed by atoms with Crippen LogP contribution in [0.1, 0.15) is 27.2 Å². The zero-order valence-corrected chi connectivity index (χ0v) is 10.3. The Morgan fingerprint density at radius 3 is 2.73 bits per heavy atom. The lowest BCUT2D eigenvalue weighted by Crippen LogP contribution is -2.45. The standard InChI is InChI=1S/C12H24N2O/c1-11(2,3)14-6-10-7-15-5-4-12(10,8-13)9-14/h10H,4-9,13H2,1-3H3/t10-,12+/m0/s1. The van der Waals surface area contributed by atoms with Crippen LogP contribution in [0.15, 0.2) is 0 Å². The Labute approximate surface area is 93.0 Å². The molecule has 2 atom stereocenters. The molecule has 2 aliphatic heterocycles. The van der Waals surface area contributed by atoms with Gasteiger partial charge in [0.05, 0.1) is 6.61 Å². The molecule has 15 heavy (non-hydrogen) atoms. The minimum Gasteiger partial charge on any atom is -0.381 e. The van der Waals surface area contributed by atoms with Gasteiger partial charge in [0.1, 0.15) is 0 Å². The molecule has 0 radical (unpaired) electrons. The zero-order chi connectivity index (χ0) is 11.1. The van der Waals surface area contributed by atoms with Gasteiger partial charge in [-0.2, -0.15) is 0 Å². The van der Waals surface area contributed by atoms with Crippen molar-refractivity contribution in [2.45, 2.75) is 32.7 Å². The molecule has 0 amide bonds. The van der Waals surface area contributed by atoms with Crippen LogP contribution in [0.3, 0.4) is 0 Å². The molecule has 2 aliphatic rings. The first kappa shape index (κ1) is 11.4. The predicted molar refractivity (Wildman–Crippen MR) is 61.7 cm³/mol. The summed E-state index contributed by atoms with van der Waals surface area (Å²) in [5.74, 6) is 0.649. The van der Waals surface area contributed by atoms with Crippen LogP contribution in [-0.4, -0.2) is 43.3 Å². The second-order valence-electron chi connectivity index (χ2n) is 6.14. The van der Waals surface area contributed by atoms with Crippen LogP contribution in [-0.2, 0) is 4.74 Å². The van der Waals surface area contributed by atoms with E-state index in [-0.39, 0.29) is 5.54 Å². The molecule has 0 spiro atoms. The van der Waals surface area contributed by atoms with Gasteiger partial charge in [-0.3, -0.25) is 4.90 Å². The summed E-state index contributed by atoms with van der Waals surface area (Å²) in [7, 11) is 0. The van der Waals surface area contributed by atoms with E-state index in [1.807, 2.05) is 0 Å². The van der Waals surface area contributed by atoms with E-state index in [1.165, 1.54) is 0 Å². The van der Waals surface area contributed by atoms with Crippen LogP contribution >= 0.6 is 0 Å². The van der Waals surface area contributed by atoms with Gasteiger partial charge < -0.3 is 10.5 Å². The van der Waals surface area contributed by atoms with E-state index in [0.717, 1.165) is 39.3 Å². The molecule has 0 bridgehead atoms. The van der Waals surface area contributed by atoms with Gasteiger partial charge in [0.2, 0.25) is 0 Å². The Hall–Kier alpha value is -0.120. The lowest BCUT2D eigenvalue weighted by atomic mass is 9.74. The third-order valence-corrected chi connectivity index (χ3v) is 4.23. The molecule has 0 aromatic heterocycles. The summed E-state index contributed by atoms with van der Waals surface area (Å²) < 4.78 is 5.59. The highest BCUT2D eigenvalue weighted by Crippen LogP contribution is 2.43. The molecule has 0 saturated carbocycles. The van der Waals surface area contributed by atoms with Gasteiger partial charge >= 0.3 is 0 Å². The Morgan fingerprint density at radius 1 is 1.47 bits per heavy atom. The maximum Gasteiger partial charge on any atom is 0.0512 e. The number of nitrogens with two attached hydrogens (primary N) is 1. The first-order chi connectivity index (χ1) is 6.98. The number of ether oxygens (including phenoxy) is 1. The van der Waals surface area contributed by atoms with Gasteiger partial charge in [-0.1, -0.05) is 0 Å². The van der Waals surface area contributed by atoms with Gasteiger partial charge in [-0.05, 0) is 33.7 Å². The Bertz CT molecular complexity index is 236. The highest BCUT2D eigenvalue weighted by molar-refractivity contribution is 5.01. The van der Waals surface area contributed by atoms with E-state index in [2.05, 4.69) is 25.7 Å². The fourth-order valence-corrected chi connectivity index (χ4v) is 2.89. The van der Waals surface area contributed by atoms with Crippen molar-refractivity contribution in [2.75, 3.05) is 32.8 Å². The summed E-state index contributed by atoms with van der Waals surface area (Å²) in [6.07, 6.45) is 1.14. The van der Waals surface area contributed by atoms with Gasteiger partial charge in [-0.25, -0.2) is 0 Å². The Balaban J connectivity index is 2.14. The summed E-state index contributed by atoms with van der Waals surface area (Å²) in [6.45, 7) is 11.8. The number of likely N-dealkylation sites (tertiary alicyclic amines) is 1. The number of rotatable bonds is 1. The monoisotopic (exact) mass is 212 g/mol. The molecule has 3 heteroatoms. The molecule has 88 valence electrons. The van der Waals surface area contributed by atoms with E-state index in [0.29, 0.717) is 11.3 Å². The normalized spacial score (nSPS) is 38.0. The molecule has 0 aliphatic carbocycles. The maximum atomic E-state index is 6.00. The van der Waals surface area contributed by atoms with Crippen LogP contribution in [0.5, 0.6) is 0 Å². The van der Waals surface area contributed by atoms with E-state index < -0.39 is 0 Å². The molecule has 2 N–H and O–H groups in total. The smallest absolute Gasteiger partial charge is 0.0512 e. The van der Waals surface area contributed by atoms with E-state index in [1.54, 1.807) is 0 Å². The Morgan fingerprint density at radius 2 is 2.20 bits per heavy atom. The van der Waals surface area contributed by atoms with Gasteiger partial charge in [0.15, 0.2) is 0 Å². The largest absolute Gasteiger partial charge is 0.381 e. The van der Waals surface area contributed by atoms with Gasteiger partial charge in [-0.15, -0.1) is 0 Å². The number of hydrogen-bond donors (Lipinski definition) is 1. The maximum absolute atomic E-state index is 6.00. The minimum absolute atomic E-state index is 0.263. The molecule has 0 aromatic rings. The second-order valence-corrected chi connectivity index (χ2v) is 6.14. The molecular weight excluding hydrogens is 188 g/mol. The van der Waals surface area contributed by atoms with Crippen molar-refractivity contribution in [3.05, 3.63) is 0 Å². The first-order valence-electron chi connectivity index (χ1n) is 6.01. The molecule has 3 nitrogen and oxygen atoms in total. The predicted octanol–water partition coefficient (Wildman–Crippen LogP) is 1.08. The number of fused-ring (bicyclic) bond motifs is 1. The number of nitrogens with zero attached hydrogens (tertiary/aromatic N) is 1. The minimum atomic E-state index is 0.263. The second kappa shape index (κ2) is 3.72. The summed E-state index contributed by atoms with van der Waals surface area (Å²) in [5, 5.41) is 0. The van der Waals surface area contributed by atoms with Crippen molar-refractivity contribution in [2.24, 2.45) is 17.1 Å². The lowest BCUT2D eigenvalue weighted by molar-refractivity contribution is -0.0105. The molecule has 2 heterocycles. The van der Waals surface area contributed by atoms with Crippen molar-refractivity contribution in [1.82, 2.24) is 4.90 Å². The highest BCUT2D eigenvalue weighted by Gasteiger charge is 2.49.